The van der Waals surface area contributed by atoms with Gasteiger partial charge < -0.3 is 15.4 Å². The number of alkyl carbamates (subject to hydrolysis) is 1. The highest BCUT2D eigenvalue weighted by atomic mass is 16.6. The molecule has 1 amide bonds. The maximum atomic E-state index is 10.9. The lowest BCUT2D eigenvalue weighted by Gasteiger charge is -2.32. The molecule has 0 saturated carbocycles. The fraction of sp³-hybridized carbons (Fsp3) is 0.909. The van der Waals surface area contributed by atoms with Gasteiger partial charge in [-0.25, -0.2) is 4.79 Å². The lowest BCUT2D eigenvalue weighted by atomic mass is 9.96. The molecule has 2 rings (SSSR count). The van der Waals surface area contributed by atoms with Gasteiger partial charge >= 0.3 is 6.09 Å². The topological polar surface area (TPSA) is 53.6 Å². The Hall–Kier alpha value is -0.810. The van der Waals surface area contributed by atoms with Gasteiger partial charge in [0.25, 0.3) is 0 Å². The summed E-state index contributed by atoms with van der Waals surface area (Å²) in [4.78, 5) is 13.3. The molecule has 2 aliphatic heterocycles. The van der Waals surface area contributed by atoms with E-state index in [2.05, 4.69) is 15.5 Å². The molecule has 5 heteroatoms. The van der Waals surface area contributed by atoms with Crippen molar-refractivity contribution >= 4 is 6.09 Å². The van der Waals surface area contributed by atoms with Crippen molar-refractivity contribution in [2.24, 2.45) is 5.92 Å². The molecule has 0 bridgehead atoms. The summed E-state index contributed by atoms with van der Waals surface area (Å²) in [6.07, 6.45) is 2.27. The van der Waals surface area contributed by atoms with Crippen LogP contribution in [0.3, 0.4) is 0 Å². The number of carbonyl (C=O) groups excluding carboxylic acids is 1. The molecule has 5 nitrogen and oxygen atoms in total. The van der Waals surface area contributed by atoms with Crippen molar-refractivity contribution in [2.45, 2.75) is 18.9 Å². The first-order chi connectivity index (χ1) is 7.78. The summed E-state index contributed by atoms with van der Waals surface area (Å²) in [5.74, 6) is 0.811. The Morgan fingerprint density at radius 3 is 2.81 bits per heavy atom. The van der Waals surface area contributed by atoms with Crippen LogP contribution >= 0.6 is 0 Å². The van der Waals surface area contributed by atoms with E-state index in [0.29, 0.717) is 6.54 Å². The van der Waals surface area contributed by atoms with E-state index in [1.54, 1.807) is 0 Å². The van der Waals surface area contributed by atoms with Gasteiger partial charge in [0.2, 0.25) is 0 Å². The molecule has 16 heavy (non-hydrogen) atoms. The molecule has 2 N–H and O–H groups in total. The molecule has 2 fully saturated rings. The smallest absolute Gasteiger partial charge is 0.407 e. The van der Waals surface area contributed by atoms with E-state index < -0.39 is 0 Å². The van der Waals surface area contributed by atoms with Crippen LogP contribution in [0.4, 0.5) is 4.79 Å². The van der Waals surface area contributed by atoms with Crippen LogP contribution < -0.4 is 10.6 Å². The fourth-order valence-corrected chi connectivity index (χ4v) is 2.48. The zero-order valence-corrected chi connectivity index (χ0v) is 9.87. The number of piperidine rings is 1. The number of cyclic esters (lactones) is 1. The highest BCUT2D eigenvalue weighted by molar-refractivity contribution is 5.69. The lowest BCUT2D eigenvalue weighted by Crippen LogP contribution is -2.41. The predicted molar refractivity (Wildman–Crippen MR) is 61.4 cm³/mol. The summed E-state index contributed by atoms with van der Waals surface area (Å²) in [5.41, 5.74) is 0. The monoisotopic (exact) mass is 227 g/mol. The van der Waals surface area contributed by atoms with Crippen LogP contribution in [0.25, 0.3) is 0 Å². The first-order valence-corrected chi connectivity index (χ1v) is 6.09. The Morgan fingerprint density at radius 2 is 2.25 bits per heavy atom. The number of nitrogens with zero attached hydrogens (tertiary/aromatic N) is 1. The first kappa shape index (κ1) is 11.7. The van der Waals surface area contributed by atoms with Gasteiger partial charge in [0.05, 0.1) is 6.54 Å². The number of hydrogen-bond acceptors (Lipinski definition) is 4. The number of carbonyl (C=O) groups is 1. The largest absolute Gasteiger partial charge is 0.443 e. The van der Waals surface area contributed by atoms with Crippen LogP contribution in [0, 0.1) is 5.92 Å². The SMILES string of the molecule is CNCC1CCN(CC2CNC(=O)O2)CC1. The summed E-state index contributed by atoms with van der Waals surface area (Å²) in [7, 11) is 2.01. The van der Waals surface area contributed by atoms with Crippen LogP contribution in [0.15, 0.2) is 0 Å². The molecule has 0 spiro atoms. The Morgan fingerprint density at radius 1 is 1.50 bits per heavy atom. The van der Waals surface area contributed by atoms with Crippen molar-refractivity contribution in [2.75, 3.05) is 39.8 Å². The number of hydrogen-bond donors (Lipinski definition) is 2. The molecule has 2 saturated heterocycles. The maximum absolute atomic E-state index is 10.9. The second-order valence-electron chi connectivity index (χ2n) is 4.71. The molecule has 0 aliphatic carbocycles. The number of ether oxygens (including phenoxy) is 1. The van der Waals surface area contributed by atoms with Crippen LogP contribution in [0.2, 0.25) is 0 Å². The number of amides is 1. The van der Waals surface area contributed by atoms with Gasteiger partial charge in [0.15, 0.2) is 0 Å². The zero-order chi connectivity index (χ0) is 11.4. The fourth-order valence-electron chi connectivity index (χ4n) is 2.48. The van der Waals surface area contributed by atoms with Gasteiger partial charge in [0, 0.05) is 6.54 Å². The maximum Gasteiger partial charge on any atom is 0.407 e. The number of rotatable bonds is 4. The average Bonchev–Trinajstić information content (AvgIpc) is 2.67. The third-order valence-electron chi connectivity index (χ3n) is 3.41. The molecule has 0 aromatic carbocycles. The predicted octanol–water partition coefficient (Wildman–Crippen LogP) is 0.0262. The van der Waals surface area contributed by atoms with Crippen molar-refractivity contribution in [3.8, 4) is 0 Å². The van der Waals surface area contributed by atoms with Crippen molar-refractivity contribution in [1.29, 1.82) is 0 Å². The Labute approximate surface area is 96.5 Å². The molecule has 92 valence electrons. The minimum atomic E-state index is -0.268. The van der Waals surface area contributed by atoms with Crippen LogP contribution in [-0.2, 0) is 4.74 Å². The third-order valence-corrected chi connectivity index (χ3v) is 3.41. The third kappa shape index (κ3) is 3.09. The Bertz CT molecular complexity index is 239. The van der Waals surface area contributed by atoms with Crippen LogP contribution in [-0.4, -0.2) is 56.9 Å². The normalized spacial score (nSPS) is 27.8. The van der Waals surface area contributed by atoms with Gasteiger partial charge in [-0.3, -0.25) is 4.90 Å². The molecule has 0 aromatic heterocycles. The van der Waals surface area contributed by atoms with Crippen molar-refractivity contribution < 1.29 is 9.53 Å². The Balaban J connectivity index is 1.67. The van der Waals surface area contributed by atoms with Crippen LogP contribution in [0.1, 0.15) is 12.8 Å². The van der Waals surface area contributed by atoms with Gasteiger partial charge in [-0.15, -0.1) is 0 Å². The second-order valence-corrected chi connectivity index (χ2v) is 4.71. The van der Waals surface area contributed by atoms with E-state index in [-0.39, 0.29) is 12.2 Å². The number of likely N-dealkylation sites (tertiary alicyclic amines) is 1. The van der Waals surface area contributed by atoms with E-state index >= 15 is 0 Å². The Kier molecular flexibility index (Phi) is 4.01. The zero-order valence-electron chi connectivity index (χ0n) is 9.87. The molecule has 0 aromatic rings. The summed E-state index contributed by atoms with van der Waals surface area (Å²) in [6.45, 7) is 4.91. The standard InChI is InChI=1S/C11H21N3O2/c1-12-6-9-2-4-14(5-3-9)8-10-7-13-11(15)16-10/h9-10,12H,2-8H2,1H3,(H,13,15). The van der Waals surface area contributed by atoms with Gasteiger partial charge in [-0.1, -0.05) is 0 Å². The minimum absolute atomic E-state index is 0.0494. The molecule has 0 radical (unpaired) electrons. The quantitative estimate of drug-likeness (QED) is 0.711. The van der Waals surface area contributed by atoms with Crippen molar-refractivity contribution in [1.82, 2.24) is 15.5 Å². The number of nitrogens with one attached hydrogen (secondary N) is 2. The highest BCUT2D eigenvalue weighted by Crippen LogP contribution is 2.17. The highest BCUT2D eigenvalue weighted by Gasteiger charge is 2.26. The second kappa shape index (κ2) is 5.50. The molecule has 2 heterocycles. The van der Waals surface area contributed by atoms with E-state index in [1.165, 1.54) is 12.8 Å². The summed E-state index contributed by atoms with van der Waals surface area (Å²) in [5, 5.41) is 5.92. The summed E-state index contributed by atoms with van der Waals surface area (Å²) >= 11 is 0. The molecular weight excluding hydrogens is 206 g/mol. The molecule has 1 unspecified atom stereocenters. The van der Waals surface area contributed by atoms with Crippen molar-refractivity contribution in [3.05, 3.63) is 0 Å². The lowest BCUT2D eigenvalue weighted by molar-refractivity contribution is 0.0914. The van der Waals surface area contributed by atoms with E-state index in [0.717, 1.165) is 32.1 Å². The molecule has 1 atom stereocenters. The average molecular weight is 227 g/mol. The van der Waals surface area contributed by atoms with E-state index in [9.17, 15) is 4.79 Å². The molecule has 2 aliphatic rings. The summed E-state index contributed by atoms with van der Waals surface area (Å²) in [6, 6.07) is 0. The van der Waals surface area contributed by atoms with Gasteiger partial charge in [-0.2, -0.15) is 0 Å². The summed E-state index contributed by atoms with van der Waals surface area (Å²) < 4.78 is 5.13. The first-order valence-electron chi connectivity index (χ1n) is 6.09. The van der Waals surface area contributed by atoms with Crippen LogP contribution in [0.5, 0.6) is 0 Å². The van der Waals surface area contributed by atoms with E-state index in [4.69, 9.17) is 4.74 Å². The minimum Gasteiger partial charge on any atom is -0.443 e. The molecular formula is C11H21N3O2. The van der Waals surface area contributed by atoms with Gasteiger partial charge in [0.1, 0.15) is 6.10 Å². The van der Waals surface area contributed by atoms with Gasteiger partial charge in [-0.05, 0) is 45.4 Å². The van der Waals surface area contributed by atoms with Crippen molar-refractivity contribution in [3.63, 3.8) is 0 Å². The van der Waals surface area contributed by atoms with E-state index in [1.807, 2.05) is 7.05 Å².